The third-order valence-electron chi connectivity index (χ3n) is 5.79. The first-order chi connectivity index (χ1) is 14.7. The zero-order valence-electron chi connectivity index (χ0n) is 17.5. The van der Waals surface area contributed by atoms with Gasteiger partial charge in [-0.2, -0.15) is 0 Å². The molecule has 0 bridgehead atoms. The van der Waals surface area contributed by atoms with Gasteiger partial charge in [0, 0.05) is 11.1 Å². The summed E-state index contributed by atoms with van der Waals surface area (Å²) in [5, 5.41) is 0. The summed E-state index contributed by atoms with van der Waals surface area (Å²) in [6.45, 7) is 4.49. The average molecular weight is 405 g/mol. The molecule has 1 aliphatic carbocycles. The summed E-state index contributed by atoms with van der Waals surface area (Å²) in [6, 6.07) is 13.9. The summed E-state index contributed by atoms with van der Waals surface area (Å²) < 4.78 is 5.76. The van der Waals surface area contributed by atoms with E-state index in [9.17, 15) is 9.59 Å². The number of unbranched alkanes of at least 4 members (excludes halogenated alkanes) is 2. The smallest absolute Gasteiger partial charge is 0.210 e. The van der Waals surface area contributed by atoms with E-state index in [4.69, 9.17) is 4.74 Å². The lowest BCUT2D eigenvalue weighted by atomic mass is 9.83. The third kappa shape index (κ3) is 4.21. The first-order valence-corrected chi connectivity index (χ1v) is 10.9. The summed E-state index contributed by atoms with van der Waals surface area (Å²) in [4.78, 5) is 33.3. The Morgan fingerprint density at radius 3 is 2.37 bits per heavy atom. The topological polar surface area (TPSA) is 59.0 Å². The van der Waals surface area contributed by atoms with Gasteiger partial charge in [-0.3, -0.25) is 14.5 Å². The molecule has 1 atom stereocenters. The number of rotatable bonds is 7. The fourth-order valence-electron chi connectivity index (χ4n) is 4.18. The molecular formula is C25H28N2O3. The quantitative estimate of drug-likeness (QED) is 0.618. The summed E-state index contributed by atoms with van der Waals surface area (Å²) >= 11 is 0. The molecule has 30 heavy (non-hydrogen) atoms. The summed E-state index contributed by atoms with van der Waals surface area (Å²) in [5.41, 5.74) is 1.95. The first-order valence-electron chi connectivity index (χ1n) is 10.9. The van der Waals surface area contributed by atoms with Gasteiger partial charge in [-0.25, -0.2) is 4.99 Å². The molecule has 1 heterocycles. The average Bonchev–Trinajstić information content (AvgIpc) is 3.30. The molecule has 2 aromatic rings. The Morgan fingerprint density at radius 2 is 1.67 bits per heavy atom. The maximum atomic E-state index is 13.3. The highest BCUT2D eigenvalue weighted by molar-refractivity contribution is 6.55. The largest absolute Gasteiger partial charge is 0.494 e. The van der Waals surface area contributed by atoms with Gasteiger partial charge < -0.3 is 4.74 Å². The normalized spacial score (nSPS) is 20.6. The van der Waals surface area contributed by atoms with Crippen LogP contribution in [0.15, 0.2) is 53.5 Å². The minimum atomic E-state index is -0.597. The zero-order valence-corrected chi connectivity index (χ0v) is 17.5. The van der Waals surface area contributed by atoms with Crippen LogP contribution in [0.3, 0.4) is 0 Å². The van der Waals surface area contributed by atoms with Crippen molar-refractivity contribution < 1.29 is 14.3 Å². The number of benzene rings is 2. The number of ketones is 2. The van der Waals surface area contributed by atoms with Crippen molar-refractivity contribution >= 4 is 23.0 Å². The van der Waals surface area contributed by atoms with Gasteiger partial charge in [0.2, 0.25) is 5.78 Å². The Balaban J connectivity index is 1.62. The predicted octanol–water partition coefficient (Wildman–Crippen LogP) is 4.87. The van der Waals surface area contributed by atoms with Crippen LogP contribution in [0.4, 0.5) is 5.69 Å². The number of carbonyl (C=O) groups excluding carboxylic acids is 2. The number of hydrogen-bond acceptors (Lipinski definition) is 5. The van der Waals surface area contributed by atoms with Crippen molar-refractivity contribution in [2.75, 3.05) is 19.7 Å². The number of likely N-dealkylation sites (tertiary alicyclic amines) is 1. The Hall–Kier alpha value is -2.79. The van der Waals surface area contributed by atoms with E-state index < -0.39 is 6.04 Å². The summed E-state index contributed by atoms with van der Waals surface area (Å²) in [7, 11) is 0. The number of Topliss-reactive ketones (excluding diaryl/α,β-unsaturated/α-hetero) is 2. The number of ether oxygens (including phenoxy) is 1. The van der Waals surface area contributed by atoms with Crippen molar-refractivity contribution in [1.29, 1.82) is 0 Å². The van der Waals surface area contributed by atoms with Gasteiger partial charge in [0.05, 0.1) is 12.3 Å². The molecule has 1 aliphatic heterocycles. The van der Waals surface area contributed by atoms with E-state index in [0.717, 1.165) is 50.9 Å². The second-order valence-corrected chi connectivity index (χ2v) is 7.93. The molecule has 0 spiro atoms. The van der Waals surface area contributed by atoms with Crippen molar-refractivity contribution in [1.82, 2.24) is 4.90 Å². The Labute approximate surface area is 177 Å². The summed E-state index contributed by atoms with van der Waals surface area (Å²) in [5.74, 6) is 0.617. The SMILES string of the molecule is CCCCCOc1ccc(N=C2C(=O)c3ccccc3C(=O)C2N2CCCC2)cc1. The molecule has 0 N–H and O–H groups in total. The van der Waals surface area contributed by atoms with Crippen molar-refractivity contribution in [3.05, 3.63) is 59.7 Å². The van der Waals surface area contributed by atoms with E-state index >= 15 is 0 Å². The third-order valence-corrected chi connectivity index (χ3v) is 5.79. The van der Waals surface area contributed by atoms with Gasteiger partial charge >= 0.3 is 0 Å². The molecule has 5 heteroatoms. The molecule has 156 valence electrons. The van der Waals surface area contributed by atoms with Crippen LogP contribution in [0.2, 0.25) is 0 Å². The van der Waals surface area contributed by atoms with E-state index in [2.05, 4.69) is 16.8 Å². The minimum absolute atomic E-state index is 0.0262. The Morgan fingerprint density at radius 1 is 0.967 bits per heavy atom. The molecule has 5 nitrogen and oxygen atoms in total. The molecular weight excluding hydrogens is 376 g/mol. The lowest BCUT2D eigenvalue weighted by Gasteiger charge is -2.31. The molecule has 2 aliphatic rings. The fourth-order valence-corrected chi connectivity index (χ4v) is 4.18. The van der Waals surface area contributed by atoms with Crippen LogP contribution in [0.1, 0.15) is 59.7 Å². The highest BCUT2D eigenvalue weighted by Gasteiger charge is 2.42. The Bertz CT molecular complexity index is 943. The van der Waals surface area contributed by atoms with Crippen molar-refractivity contribution in [3.63, 3.8) is 0 Å². The number of carbonyl (C=O) groups is 2. The van der Waals surface area contributed by atoms with E-state index in [1.165, 1.54) is 0 Å². The molecule has 0 amide bonds. The van der Waals surface area contributed by atoms with Crippen LogP contribution in [-0.2, 0) is 0 Å². The molecule has 4 rings (SSSR count). The maximum absolute atomic E-state index is 13.3. The monoisotopic (exact) mass is 404 g/mol. The van der Waals surface area contributed by atoms with Crippen LogP contribution in [-0.4, -0.2) is 47.9 Å². The van der Waals surface area contributed by atoms with Crippen LogP contribution >= 0.6 is 0 Å². The van der Waals surface area contributed by atoms with E-state index in [0.29, 0.717) is 29.1 Å². The second kappa shape index (κ2) is 9.35. The highest BCUT2D eigenvalue weighted by atomic mass is 16.5. The molecule has 1 fully saturated rings. The molecule has 1 unspecified atom stereocenters. The van der Waals surface area contributed by atoms with Crippen LogP contribution in [0.5, 0.6) is 5.75 Å². The number of nitrogens with zero attached hydrogens (tertiary/aromatic N) is 2. The molecule has 2 aromatic carbocycles. The van der Waals surface area contributed by atoms with E-state index in [1.54, 1.807) is 18.2 Å². The minimum Gasteiger partial charge on any atom is -0.494 e. The number of aliphatic imine (C=N–C) groups is 1. The lowest BCUT2D eigenvalue weighted by molar-refractivity contribution is 0.0873. The molecule has 0 aromatic heterocycles. The van der Waals surface area contributed by atoms with Crippen molar-refractivity contribution in [3.8, 4) is 5.75 Å². The molecule has 0 radical (unpaired) electrons. The van der Waals surface area contributed by atoms with Gasteiger partial charge in [0.25, 0.3) is 0 Å². The number of hydrogen-bond donors (Lipinski definition) is 0. The van der Waals surface area contributed by atoms with Crippen LogP contribution in [0, 0.1) is 0 Å². The van der Waals surface area contributed by atoms with Gasteiger partial charge in [-0.1, -0.05) is 44.0 Å². The maximum Gasteiger partial charge on any atom is 0.210 e. The van der Waals surface area contributed by atoms with Gasteiger partial charge in [-0.05, 0) is 56.6 Å². The van der Waals surface area contributed by atoms with Gasteiger partial charge in [0.15, 0.2) is 5.78 Å². The molecule has 0 saturated carbocycles. The highest BCUT2D eigenvalue weighted by Crippen LogP contribution is 2.28. The Kier molecular flexibility index (Phi) is 6.38. The van der Waals surface area contributed by atoms with Gasteiger partial charge in [0.1, 0.15) is 17.5 Å². The second-order valence-electron chi connectivity index (χ2n) is 7.93. The van der Waals surface area contributed by atoms with Crippen LogP contribution < -0.4 is 4.74 Å². The van der Waals surface area contributed by atoms with E-state index in [-0.39, 0.29) is 11.6 Å². The van der Waals surface area contributed by atoms with Gasteiger partial charge in [-0.15, -0.1) is 0 Å². The molecule has 1 saturated heterocycles. The standard InChI is InChI=1S/C25H28N2O3/c1-2-3-8-17-30-19-13-11-18(12-14-19)26-22-23(27-15-6-7-16-27)25(29)21-10-5-4-9-20(21)24(22)28/h4-5,9-14,23H,2-3,6-8,15-17H2,1H3. The lowest BCUT2D eigenvalue weighted by Crippen LogP contribution is -2.51. The summed E-state index contributed by atoms with van der Waals surface area (Å²) in [6.07, 6.45) is 5.43. The predicted molar refractivity (Wildman–Crippen MR) is 118 cm³/mol. The van der Waals surface area contributed by atoms with Crippen molar-refractivity contribution in [2.45, 2.75) is 45.1 Å². The van der Waals surface area contributed by atoms with E-state index in [1.807, 2.05) is 30.3 Å². The number of fused-ring (bicyclic) bond motifs is 1. The van der Waals surface area contributed by atoms with Crippen molar-refractivity contribution in [2.24, 2.45) is 4.99 Å². The fraction of sp³-hybridized carbons (Fsp3) is 0.400. The first kappa shape index (κ1) is 20.5. The van der Waals surface area contributed by atoms with Crippen LogP contribution in [0.25, 0.3) is 0 Å². The zero-order chi connectivity index (χ0) is 20.9.